The maximum absolute atomic E-state index is 13.7. The lowest BCUT2D eigenvalue weighted by atomic mass is 9.86. The minimum Gasteiger partial charge on any atom is -0.389 e. The highest BCUT2D eigenvalue weighted by molar-refractivity contribution is 5.76. The van der Waals surface area contributed by atoms with Crippen molar-refractivity contribution in [1.82, 2.24) is 10.6 Å². The highest BCUT2D eigenvalue weighted by Crippen LogP contribution is 2.31. The fraction of sp³-hybridized carbons (Fsp3) is 0.458. The van der Waals surface area contributed by atoms with Crippen LogP contribution in [0.5, 0.6) is 0 Å². The van der Waals surface area contributed by atoms with Crippen LogP contribution in [0, 0.1) is 11.6 Å². The van der Waals surface area contributed by atoms with Gasteiger partial charge in [0.05, 0.1) is 12.1 Å². The number of benzene rings is 2. The predicted molar refractivity (Wildman–Crippen MR) is 113 cm³/mol. The van der Waals surface area contributed by atoms with Crippen molar-refractivity contribution in [3.8, 4) is 0 Å². The molecule has 0 unspecified atom stereocenters. The summed E-state index contributed by atoms with van der Waals surface area (Å²) in [5.74, 6) is -1.78. The second kappa shape index (κ2) is 10.1. The molecule has 0 saturated heterocycles. The SMILES string of the molecule is CCC(=O)N[C@@H](c1cc(F)cc(F)c1)[C@H](O)CN[C@H]1CCCc2ccc(CC)cc21. The number of hydrogen-bond acceptors (Lipinski definition) is 3. The van der Waals surface area contributed by atoms with Gasteiger partial charge in [-0.05, 0) is 60.1 Å². The zero-order valence-corrected chi connectivity index (χ0v) is 17.6. The number of aryl methyl sites for hydroxylation is 2. The molecule has 0 radical (unpaired) electrons. The summed E-state index contributed by atoms with van der Waals surface area (Å²) in [7, 11) is 0. The van der Waals surface area contributed by atoms with Gasteiger partial charge in [0, 0.05) is 25.1 Å². The summed E-state index contributed by atoms with van der Waals surface area (Å²) in [6, 6.07) is 8.82. The molecule has 3 atom stereocenters. The van der Waals surface area contributed by atoms with Crippen molar-refractivity contribution in [3.63, 3.8) is 0 Å². The van der Waals surface area contributed by atoms with E-state index >= 15 is 0 Å². The largest absolute Gasteiger partial charge is 0.389 e. The third-order valence-corrected chi connectivity index (χ3v) is 5.77. The average molecular weight is 417 g/mol. The summed E-state index contributed by atoms with van der Waals surface area (Å²) in [6.45, 7) is 4.00. The van der Waals surface area contributed by atoms with Crippen LogP contribution in [0.1, 0.15) is 67.4 Å². The fourth-order valence-electron chi connectivity index (χ4n) is 4.09. The number of carbonyl (C=O) groups is 1. The Kier molecular flexibility index (Phi) is 7.56. The van der Waals surface area contributed by atoms with Gasteiger partial charge in [-0.25, -0.2) is 8.78 Å². The van der Waals surface area contributed by atoms with E-state index in [-0.39, 0.29) is 30.5 Å². The molecule has 1 aliphatic rings. The van der Waals surface area contributed by atoms with Gasteiger partial charge in [0.2, 0.25) is 5.91 Å². The van der Waals surface area contributed by atoms with Crippen LogP contribution in [0.3, 0.4) is 0 Å². The van der Waals surface area contributed by atoms with Crippen LogP contribution in [-0.4, -0.2) is 23.7 Å². The fourth-order valence-corrected chi connectivity index (χ4v) is 4.09. The Bertz CT molecular complexity index is 867. The number of rotatable bonds is 8. The topological polar surface area (TPSA) is 61.4 Å². The molecule has 0 spiro atoms. The van der Waals surface area contributed by atoms with Gasteiger partial charge in [-0.2, -0.15) is 0 Å². The van der Waals surface area contributed by atoms with Crippen LogP contribution in [-0.2, 0) is 17.6 Å². The van der Waals surface area contributed by atoms with Crippen molar-refractivity contribution in [2.45, 2.75) is 64.1 Å². The molecule has 2 aromatic rings. The molecule has 0 fully saturated rings. The van der Waals surface area contributed by atoms with E-state index in [9.17, 15) is 18.7 Å². The molecule has 0 aliphatic heterocycles. The first-order valence-electron chi connectivity index (χ1n) is 10.7. The molecule has 2 aromatic carbocycles. The third kappa shape index (κ3) is 5.43. The average Bonchev–Trinajstić information content (AvgIpc) is 2.74. The number of carbonyl (C=O) groups excluding carboxylic acids is 1. The van der Waals surface area contributed by atoms with Crippen molar-refractivity contribution in [3.05, 3.63) is 70.3 Å². The molecule has 0 saturated carbocycles. The zero-order chi connectivity index (χ0) is 21.7. The lowest BCUT2D eigenvalue weighted by Gasteiger charge is -2.30. The van der Waals surface area contributed by atoms with Gasteiger partial charge in [-0.15, -0.1) is 0 Å². The second-order valence-corrected chi connectivity index (χ2v) is 7.91. The first-order valence-corrected chi connectivity index (χ1v) is 10.7. The minimum absolute atomic E-state index is 0.0988. The molecule has 6 heteroatoms. The lowest BCUT2D eigenvalue weighted by Crippen LogP contribution is -2.42. The van der Waals surface area contributed by atoms with Crippen molar-refractivity contribution in [2.75, 3.05) is 6.54 Å². The maximum Gasteiger partial charge on any atom is 0.220 e. The van der Waals surface area contributed by atoms with Crippen molar-refractivity contribution in [2.24, 2.45) is 0 Å². The number of hydrogen-bond donors (Lipinski definition) is 3. The summed E-state index contributed by atoms with van der Waals surface area (Å²) in [4.78, 5) is 12.0. The Hall–Kier alpha value is -2.31. The van der Waals surface area contributed by atoms with E-state index in [1.165, 1.54) is 16.7 Å². The van der Waals surface area contributed by atoms with Crippen molar-refractivity contribution >= 4 is 5.91 Å². The van der Waals surface area contributed by atoms with E-state index in [0.717, 1.165) is 43.9 Å². The molecule has 1 amide bonds. The standard InChI is InChI=1S/C24H30F2N2O2/c1-3-15-8-9-16-6-5-7-21(20(16)10-15)27-14-22(29)24(28-23(30)4-2)17-11-18(25)13-19(26)12-17/h8-13,21-22,24,27,29H,3-7,14H2,1-2H3,(H,28,30)/t21-,22+,24-/m0/s1. The van der Waals surface area contributed by atoms with E-state index in [4.69, 9.17) is 0 Å². The first-order chi connectivity index (χ1) is 14.4. The molecular formula is C24H30F2N2O2. The summed E-state index contributed by atoms with van der Waals surface area (Å²) in [5, 5.41) is 17.0. The van der Waals surface area contributed by atoms with Gasteiger partial charge in [0.25, 0.3) is 0 Å². The lowest BCUT2D eigenvalue weighted by molar-refractivity contribution is -0.122. The van der Waals surface area contributed by atoms with Gasteiger partial charge in [0.1, 0.15) is 11.6 Å². The predicted octanol–water partition coefficient (Wildman–Crippen LogP) is 4.12. The number of halogens is 2. The Morgan fingerprint density at radius 2 is 1.90 bits per heavy atom. The molecule has 3 N–H and O–H groups in total. The van der Waals surface area contributed by atoms with Crippen LogP contribution in [0.15, 0.2) is 36.4 Å². The second-order valence-electron chi connectivity index (χ2n) is 7.91. The zero-order valence-electron chi connectivity index (χ0n) is 17.6. The van der Waals surface area contributed by atoms with Crippen LogP contribution >= 0.6 is 0 Å². The molecule has 1 aliphatic carbocycles. The van der Waals surface area contributed by atoms with Gasteiger partial charge in [0.15, 0.2) is 0 Å². The maximum atomic E-state index is 13.7. The van der Waals surface area contributed by atoms with Crippen LogP contribution in [0.2, 0.25) is 0 Å². The summed E-state index contributed by atoms with van der Waals surface area (Å²) in [5.41, 5.74) is 4.04. The molecular weight excluding hydrogens is 386 g/mol. The number of aliphatic hydroxyl groups is 1. The number of amides is 1. The monoisotopic (exact) mass is 416 g/mol. The Morgan fingerprint density at radius 1 is 1.17 bits per heavy atom. The number of fused-ring (bicyclic) bond motifs is 1. The van der Waals surface area contributed by atoms with Gasteiger partial charge in [-0.3, -0.25) is 4.79 Å². The summed E-state index contributed by atoms with van der Waals surface area (Å²) < 4.78 is 27.5. The molecule has 0 heterocycles. The van der Waals surface area contributed by atoms with Gasteiger partial charge >= 0.3 is 0 Å². The van der Waals surface area contributed by atoms with Crippen molar-refractivity contribution < 1.29 is 18.7 Å². The van der Waals surface area contributed by atoms with Crippen LogP contribution in [0.4, 0.5) is 8.78 Å². The van der Waals surface area contributed by atoms with Crippen LogP contribution in [0.25, 0.3) is 0 Å². The molecule has 0 aromatic heterocycles. The minimum atomic E-state index is -1.04. The quantitative estimate of drug-likeness (QED) is 0.607. The van der Waals surface area contributed by atoms with Gasteiger partial charge in [-0.1, -0.05) is 32.0 Å². The Morgan fingerprint density at radius 3 is 2.57 bits per heavy atom. The van der Waals surface area contributed by atoms with E-state index in [1.54, 1.807) is 6.92 Å². The highest BCUT2D eigenvalue weighted by Gasteiger charge is 2.26. The van der Waals surface area contributed by atoms with E-state index in [0.29, 0.717) is 0 Å². The summed E-state index contributed by atoms with van der Waals surface area (Å²) >= 11 is 0. The van der Waals surface area contributed by atoms with E-state index < -0.39 is 23.8 Å². The Labute approximate surface area is 176 Å². The van der Waals surface area contributed by atoms with Crippen LogP contribution < -0.4 is 10.6 Å². The normalized spacial score (nSPS) is 17.8. The Balaban J connectivity index is 1.76. The molecule has 4 nitrogen and oxygen atoms in total. The third-order valence-electron chi connectivity index (χ3n) is 5.77. The van der Waals surface area contributed by atoms with E-state index in [1.807, 2.05) is 0 Å². The number of aliphatic hydroxyl groups excluding tert-OH is 1. The molecule has 3 rings (SSSR count). The summed E-state index contributed by atoms with van der Waals surface area (Å²) in [6.07, 6.45) is 3.17. The van der Waals surface area contributed by atoms with E-state index in [2.05, 4.69) is 35.8 Å². The number of nitrogens with one attached hydrogen (secondary N) is 2. The molecule has 0 bridgehead atoms. The smallest absolute Gasteiger partial charge is 0.220 e. The van der Waals surface area contributed by atoms with Crippen molar-refractivity contribution in [1.29, 1.82) is 0 Å². The molecule has 162 valence electrons. The van der Waals surface area contributed by atoms with Gasteiger partial charge < -0.3 is 15.7 Å². The first kappa shape index (κ1) is 22.4. The molecule has 30 heavy (non-hydrogen) atoms. The highest BCUT2D eigenvalue weighted by atomic mass is 19.1.